The van der Waals surface area contributed by atoms with E-state index in [-0.39, 0.29) is 11.4 Å². The Morgan fingerprint density at radius 1 is 0.818 bits per heavy atom. The summed E-state index contributed by atoms with van der Waals surface area (Å²) in [4.78, 5) is 26.2. The van der Waals surface area contributed by atoms with Gasteiger partial charge in [0.05, 0.1) is 18.3 Å². The van der Waals surface area contributed by atoms with Gasteiger partial charge in [-0.2, -0.15) is 5.10 Å². The highest BCUT2D eigenvalue weighted by Gasteiger charge is 2.25. The molecule has 0 bridgehead atoms. The number of hydrogen-bond donors (Lipinski definition) is 2. The van der Waals surface area contributed by atoms with Crippen LogP contribution in [0.25, 0.3) is 0 Å². The van der Waals surface area contributed by atoms with Crippen LogP contribution < -0.4 is 25.0 Å². The van der Waals surface area contributed by atoms with E-state index < -0.39 is 24.0 Å². The Kier molecular flexibility index (Phi) is 11.9. The molecule has 4 aromatic rings. The maximum Gasteiger partial charge on any atom is 0.262 e. The van der Waals surface area contributed by atoms with Crippen LogP contribution in [0, 0.1) is 0 Å². The summed E-state index contributed by atoms with van der Waals surface area (Å²) in [6, 6.07) is 25.7. The van der Waals surface area contributed by atoms with Crippen LogP contribution in [-0.4, -0.2) is 37.3 Å². The van der Waals surface area contributed by atoms with Crippen LogP contribution in [0.4, 0.5) is 0 Å². The smallest absolute Gasteiger partial charge is 0.262 e. The molecule has 0 heterocycles. The zero-order valence-electron chi connectivity index (χ0n) is 23.9. The molecule has 2 N–H and O–H groups in total. The molecule has 0 saturated carbocycles. The largest absolute Gasteiger partial charge is 0.493 e. The molecule has 0 aromatic heterocycles. The minimum Gasteiger partial charge on any atom is -0.493 e. The third-order valence-electron chi connectivity index (χ3n) is 6.37. The number of amides is 2. The summed E-state index contributed by atoms with van der Waals surface area (Å²) in [6.45, 7) is 1.90. The van der Waals surface area contributed by atoms with E-state index >= 15 is 0 Å². The molecule has 8 nitrogen and oxygen atoms in total. The van der Waals surface area contributed by atoms with Gasteiger partial charge in [-0.1, -0.05) is 77.3 Å². The third kappa shape index (κ3) is 9.64. The molecule has 0 spiro atoms. The number of hydrazone groups is 1. The van der Waals surface area contributed by atoms with Gasteiger partial charge < -0.3 is 19.5 Å². The fourth-order valence-electron chi connectivity index (χ4n) is 4.04. The second-order valence-corrected chi connectivity index (χ2v) is 10.9. The van der Waals surface area contributed by atoms with Gasteiger partial charge in [0.25, 0.3) is 11.8 Å². The number of rotatable bonds is 13. The van der Waals surface area contributed by atoms with Gasteiger partial charge in [0, 0.05) is 16.5 Å². The first-order chi connectivity index (χ1) is 21.2. The van der Waals surface area contributed by atoms with E-state index in [1.807, 2.05) is 42.5 Å². The van der Waals surface area contributed by atoms with E-state index in [2.05, 4.69) is 15.8 Å². The molecule has 0 fully saturated rings. The zero-order chi connectivity index (χ0) is 31.5. The van der Waals surface area contributed by atoms with Gasteiger partial charge in [-0.25, -0.2) is 5.43 Å². The van der Waals surface area contributed by atoms with Gasteiger partial charge in [0.1, 0.15) is 18.4 Å². The minimum atomic E-state index is -0.948. The summed E-state index contributed by atoms with van der Waals surface area (Å²) in [5, 5.41) is 8.22. The van der Waals surface area contributed by atoms with E-state index in [1.54, 1.807) is 49.4 Å². The van der Waals surface area contributed by atoms with Gasteiger partial charge >= 0.3 is 0 Å². The molecular weight excluding hydrogens is 625 g/mol. The predicted molar refractivity (Wildman–Crippen MR) is 173 cm³/mol. The molecule has 0 radical (unpaired) electrons. The number of nitrogens with zero attached hydrogens (tertiary/aromatic N) is 1. The van der Waals surface area contributed by atoms with Crippen molar-refractivity contribution < 1.29 is 23.8 Å². The number of halogens is 3. The first-order valence-corrected chi connectivity index (χ1v) is 14.7. The highest BCUT2D eigenvalue weighted by molar-refractivity contribution is 6.35. The number of carbonyl (C=O) groups is 2. The van der Waals surface area contributed by atoms with Crippen molar-refractivity contribution in [3.05, 3.63) is 123 Å². The Balaban J connectivity index is 1.40. The quantitative estimate of drug-likeness (QED) is 0.121. The summed E-state index contributed by atoms with van der Waals surface area (Å²) in [7, 11) is 1.54. The van der Waals surface area contributed by atoms with Crippen molar-refractivity contribution in [2.75, 3.05) is 7.11 Å². The number of nitrogens with one attached hydrogen (secondary N) is 2. The van der Waals surface area contributed by atoms with Gasteiger partial charge in [-0.05, 0) is 72.1 Å². The van der Waals surface area contributed by atoms with E-state index in [0.29, 0.717) is 39.5 Å². The van der Waals surface area contributed by atoms with E-state index in [1.165, 1.54) is 19.4 Å². The molecular formula is C33H30Cl3N3O5. The maximum absolute atomic E-state index is 13.2. The molecule has 0 aliphatic rings. The zero-order valence-corrected chi connectivity index (χ0v) is 26.2. The van der Waals surface area contributed by atoms with Crippen LogP contribution in [0.3, 0.4) is 0 Å². The Hall–Kier alpha value is -4.24. The molecule has 2 atom stereocenters. The molecule has 0 unspecified atom stereocenters. The lowest BCUT2D eigenvalue weighted by atomic mass is 10.1. The SMILES string of the molecule is COc1cc(/C=N\NC(=O)[C@H](Cc2ccccc2)NC(=O)[C@H](C)Oc2ccc(Cl)cc2Cl)ccc1OCc1ccc(Cl)cc1. The number of benzene rings is 4. The highest BCUT2D eigenvalue weighted by Crippen LogP contribution is 2.29. The standard InChI is InChI=1S/C33H30Cl3N3O5/c1-21(44-29-15-13-26(35)18-27(29)36)32(40)38-28(16-22-6-4-3-5-7-22)33(41)39-37-19-24-10-14-30(31(17-24)42-2)43-20-23-8-11-25(34)12-9-23/h3-15,17-19,21,28H,16,20H2,1-2H3,(H,38,40)(H,39,41)/b37-19-/t21-,28-/m0/s1. The number of ether oxygens (including phenoxy) is 3. The number of methoxy groups -OCH3 is 1. The first kappa shape index (κ1) is 32.7. The number of hydrogen-bond acceptors (Lipinski definition) is 6. The number of carbonyl (C=O) groups excluding carboxylic acids is 2. The van der Waals surface area contributed by atoms with E-state index in [9.17, 15) is 9.59 Å². The molecule has 2 amide bonds. The molecule has 11 heteroatoms. The van der Waals surface area contributed by atoms with Crippen LogP contribution in [-0.2, 0) is 22.6 Å². The Morgan fingerprint density at radius 3 is 2.23 bits per heavy atom. The van der Waals surface area contributed by atoms with Crippen molar-refractivity contribution in [2.45, 2.75) is 32.1 Å². The lowest BCUT2D eigenvalue weighted by molar-refractivity contribution is -0.132. The fraction of sp³-hybridized carbons (Fsp3) is 0.182. The topological polar surface area (TPSA) is 98.2 Å². The average Bonchev–Trinajstić information content (AvgIpc) is 3.02. The van der Waals surface area contributed by atoms with Crippen LogP contribution in [0.2, 0.25) is 15.1 Å². The third-order valence-corrected chi connectivity index (χ3v) is 7.15. The van der Waals surface area contributed by atoms with Crippen molar-refractivity contribution >= 4 is 52.8 Å². The van der Waals surface area contributed by atoms with Crippen molar-refractivity contribution in [1.82, 2.24) is 10.7 Å². The monoisotopic (exact) mass is 653 g/mol. The predicted octanol–water partition coefficient (Wildman–Crippen LogP) is 6.88. The summed E-state index contributed by atoms with van der Waals surface area (Å²) < 4.78 is 17.1. The van der Waals surface area contributed by atoms with E-state index in [0.717, 1.165) is 11.1 Å². The minimum absolute atomic E-state index is 0.232. The summed E-state index contributed by atoms with van der Waals surface area (Å²) in [5.41, 5.74) is 4.99. The van der Waals surface area contributed by atoms with E-state index in [4.69, 9.17) is 49.0 Å². The van der Waals surface area contributed by atoms with Crippen LogP contribution in [0.15, 0.2) is 96.1 Å². The average molecular weight is 655 g/mol. The Morgan fingerprint density at radius 2 is 1.52 bits per heavy atom. The summed E-state index contributed by atoms with van der Waals surface area (Å²) in [5.74, 6) is 0.327. The Bertz CT molecular complexity index is 1600. The van der Waals surface area contributed by atoms with Crippen LogP contribution in [0.1, 0.15) is 23.6 Å². The molecule has 44 heavy (non-hydrogen) atoms. The molecule has 0 aliphatic carbocycles. The molecule has 0 saturated heterocycles. The lowest BCUT2D eigenvalue weighted by Crippen LogP contribution is -2.50. The van der Waals surface area contributed by atoms with Gasteiger partial charge in [0.15, 0.2) is 17.6 Å². The molecule has 0 aliphatic heterocycles. The molecule has 4 rings (SSSR count). The van der Waals surface area contributed by atoms with Crippen molar-refractivity contribution in [3.8, 4) is 17.2 Å². The Labute approximate surface area is 270 Å². The van der Waals surface area contributed by atoms with Crippen molar-refractivity contribution in [3.63, 3.8) is 0 Å². The first-order valence-electron chi connectivity index (χ1n) is 13.6. The van der Waals surface area contributed by atoms with Gasteiger partial charge in [-0.3, -0.25) is 9.59 Å². The lowest BCUT2D eigenvalue weighted by Gasteiger charge is -2.21. The molecule has 4 aromatic carbocycles. The van der Waals surface area contributed by atoms with Gasteiger partial charge in [0.2, 0.25) is 0 Å². The summed E-state index contributed by atoms with van der Waals surface area (Å²) >= 11 is 18.1. The van der Waals surface area contributed by atoms with Gasteiger partial charge in [-0.15, -0.1) is 0 Å². The second kappa shape index (κ2) is 16.0. The van der Waals surface area contributed by atoms with Crippen LogP contribution in [0.5, 0.6) is 17.2 Å². The maximum atomic E-state index is 13.2. The second-order valence-electron chi connectivity index (χ2n) is 9.65. The normalized spacial score (nSPS) is 12.3. The van der Waals surface area contributed by atoms with Crippen molar-refractivity contribution in [1.29, 1.82) is 0 Å². The molecule has 228 valence electrons. The fourth-order valence-corrected chi connectivity index (χ4v) is 4.62. The van der Waals surface area contributed by atoms with Crippen LogP contribution >= 0.6 is 34.8 Å². The highest BCUT2D eigenvalue weighted by atomic mass is 35.5. The summed E-state index contributed by atoms with van der Waals surface area (Å²) in [6.07, 6.45) is 0.755. The van der Waals surface area contributed by atoms with Crippen molar-refractivity contribution in [2.24, 2.45) is 5.10 Å².